The highest BCUT2D eigenvalue weighted by molar-refractivity contribution is 7.07. The number of nitrogens with one attached hydrogen (secondary N) is 1. The molecule has 0 aliphatic carbocycles. The minimum atomic E-state index is 0.278. The van der Waals surface area contributed by atoms with Crippen molar-refractivity contribution >= 4 is 17.3 Å². The Kier molecular flexibility index (Phi) is 2.74. The monoisotopic (exact) mass is 283 g/mol. The summed E-state index contributed by atoms with van der Waals surface area (Å²) in [4.78, 5) is 8.63. The number of anilines is 1. The first-order valence-electron chi connectivity index (χ1n) is 6.55. The Balaban J connectivity index is 1.78. The van der Waals surface area contributed by atoms with Gasteiger partial charge in [0.2, 0.25) is 5.95 Å². The van der Waals surface area contributed by atoms with Crippen LogP contribution in [0.25, 0.3) is 11.4 Å². The lowest BCUT2D eigenvalue weighted by atomic mass is 10.1. The van der Waals surface area contributed by atoms with E-state index in [0.717, 1.165) is 30.3 Å². The summed E-state index contributed by atoms with van der Waals surface area (Å²) >= 11 is 1.72. The molecule has 1 N–H and O–H groups in total. The third-order valence-electron chi connectivity index (χ3n) is 3.49. The van der Waals surface area contributed by atoms with Crippen LogP contribution in [0.1, 0.15) is 18.0 Å². The molecule has 0 amide bonds. The molecule has 0 spiro atoms. The molecule has 1 aliphatic rings. The van der Waals surface area contributed by atoms with Crippen LogP contribution in [0.15, 0.2) is 41.4 Å². The summed E-state index contributed by atoms with van der Waals surface area (Å²) < 4.78 is 2.00. The van der Waals surface area contributed by atoms with Crippen molar-refractivity contribution in [2.24, 2.45) is 0 Å². The van der Waals surface area contributed by atoms with Gasteiger partial charge >= 0.3 is 0 Å². The van der Waals surface area contributed by atoms with Crippen LogP contribution in [0.3, 0.4) is 0 Å². The number of hydrogen-bond acceptors (Lipinski definition) is 5. The number of fused-ring (bicyclic) bond motifs is 1. The van der Waals surface area contributed by atoms with Crippen LogP contribution in [0.2, 0.25) is 0 Å². The van der Waals surface area contributed by atoms with Crippen LogP contribution in [-0.4, -0.2) is 26.3 Å². The summed E-state index contributed by atoms with van der Waals surface area (Å²) in [6, 6.07) is 6.31. The van der Waals surface area contributed by atoms with Crippen LogP contribution in [0, 0.1) is 0 Å². The zero-order chi connectivity index (χ0) is 13.4. The second-order valence-electron chi connectivity index (χ2n) is 4.73. The number of hydrogen-bond donors (Lipinski definition) is 1. The Hall–Kier alpha value is -2.21. The highest BCUT2D eigenvalue weighted by Crippen LogP contribution is 2.31. The molecule has 0 fully saturated rings. The maximum Gasteiger partial charge on any atom is 0.222 e. The van der Waals surface area contributed by atoms with Crippen LogP contribution in [0.4, 0.5) is 5.95 Å². The topological polar surface area (TPSA) is 55.6 Å². The predicted octanol–water partition coefficient (Wildman–Crippen LogP) is 2.81. The third-order valence-corrected chi connectivity index (χ3v) is 4.20. The lowest BCUT2D eigenvalue weighted by Gasteiger charge is -2.23. The second kappa shape index (κ2) is 4.72. The molecule has 6 heteroatoms. The van der Waals surface area contributed by atoms with E-state index in [0.29, 0.717) is 0 Å². The Morgan fingerprint density at radius 2 is 2.15 bits per heavy atom. The van der Waals surface area contributed by atoms with E-state index < -0.39 is 0 Å². The summed E-state index contributed by atoms with van der Waals surface area (Å²) in [5.74, 6) is 1.59. The molecule has 1 unspecified atom stereocenters. The van der Waals surface area contributed by atoms with Gasteiger partial charge in [-0.25, -0.2) is 4.68 Å². The van der Waals surface area contributed by atoms with Gasteiger partial charge in [0.05, 0.1) is 6.04 Å². The molecule has 1 aliphatic heterocycles. The van der Waals surface area contributed by atoms with Gasteiger partial charge in [0.25, 0.3) is 0 Å². The van der Waals surface area contributed by atoms with Gasteiger partial charge in [-0.2, -0.15) is 16.3 Å². The highest BCUT2D eigenvalue weighted by Gasteiger charge is 2.24. The van der Waals surface area contributed by atoms with Crippen molar-refractivity contribution in [3.63, 3.8) is 0 Å². The zero-order valence-electron chi connectivity index (χ0n) is 10.7. The van der Waals surface area contributed by atoms with E-state index in [2.05, 4.69) is 37.2 Å². The maximum atomic E-state index is 4.68. The van der Waals surface area contributed by atoms with Gasteiger partial charge < -0.3 is 5.32 Å². The summed E-state index contributed by atoms with van der Waals surface area (Å²) in [6.07, 6.45) is 4.56. The van der Waals surface area contributed by atoms with Crippen LogP contribution in [-0.2, 0) is 0 Å². The number of pyridine rings is 1. The molecular weight excluding hydrogens is 270 g/mol. The zero-order valence-corrected chi connectivity index (χ0v) is 11.5. The van der Waals surface area contributed by atoms with Crippen molar-refractivity contribution in [2.75, 3.05) is 11.9 Å². The molecule has 0 aromatic carbocycles. The van der Waals surface area contributed by atoms with Crippen LogP contribution < -0.4 is 5.32 Å². The van der Waals surface area contributed by atoms with Gasteiger partial charge in [0, 0.05) is 24.5 Å². The van der Waals surface area contributed by atoms with E-state index in [-0.39, 0.29) is 6.04 Å². The number of nitrogens with zero attached hydrogens (tertiary/aromatic N) is 4. The molecule has 0 saturated heterocycles. The minimum absolute atomic E-state index is 0.278. The van der Waals surface area contributed by atoms with Crippen molar-refractivity contribution in [1.29, 1.82) is 0 Å². The number of aromatic nitrogens is 4. The van der Waals surface area contributed by atoms with Gasteiger partial charge in [-0.3, -0.25) is 4.98 Å². The van der Waals surface area contributed by atoms with E-state index in [1.165, 1.54) is 5.56 Å². The van der Waals surface area contributed by atoms with E-state index in [4.69, 9.17) is 0 Å². The van der Waals surface area contributed by atoms with Gasteiger partial charge in [0.1, 0.15) is 0 Å². The average molecular weight is 283 g/mol. The van der Waals surface area contributed by atoms with Crippen molar-refractivity contribution < 1.29 is 0 Å². The van der Waals surface area contributed by atoms with Crippen molar-refractivity contribution in [3.8, 4) is 11.4 Å². The standard InChI is InChI=1S/C14H13N5S/c1-5-15-6-2-10(1)13-17-14-16-7-3-12(19(14)18-13)11-4-8-20-9-11/h1-2,4-6,8-9,12H,3,7H2,(H,16,17,18). The normalized spacial score (nSPS) is 17.5. The first-order valence-corrected chi connectivity index (χ1v) is 7.49. The van der Waals surface area contributed by atoms with E-state index in [9.17, 15) is 0 Å². The molecule has 3 aromatic rings. The molecule has 20 heavy (non-hydrogen) atoms. The fraction of sp³-hybridized carbons (Fsp3) is 0.214. The summed E-state index contributed by atoms with van der Waals surface area (Å²) in [7, 11) is 0. The lowest BCUT2D eigenvalue weighted by Crippen LogP contribution is -2.24. The number of thiophene rings is 1. The lowest BCUT2D eigenvalue weighted by molar-refractivity contribution is 0.482. The van der Waals surface area contributed by atoms with Gasteiger partial charge in [-0.15, -0.1) is 5.10 Å². The Bertz CT molecular complexity index is 705. The van der Waals surface area contributed by atoms with Crippen molar-refractivity contribution in [3.05, 3.63) is 46.9 Å². The fourth-order valence-electron chi connectivity index (χ4n) is 2.50. The Labute approximate surface area is 120 Å². The van der Waals surface area contributed by atoms with Gasteiger partial charge in [-0.1, -0.05) is 0 Å². The van der Waals surface area contributed by atoms with Gasteiger partial charge in [0.15, 0.2) is 5.82 Å². The fourth-order valence-corrected chi connectivity index (χ4v) is 3.21. The van der Waals surface area contributed by atoms with Crippen molar-refractivity contribution in [2.45, 2.75) is 12.5 Å². The SMILES string of the molecule is c1cc(-c2nc3n(n2)C(c2ccsc2)CCN3)ccn1. The summed E-state index contributed by atoms with van der Waals surface area (Å²) in [6.45, 7) is 0.926. The van der Waals surface area contributed by atoms with Crippen LogP contribution in [0.5, 0.6) is 0 Å². The molecule has 1 atom stereocenters. The third kappa shape index (κ3) is 1.89. The molecule has 0 bridgehead atoms. The minimum Gasteiger partial charge on any atom is -0.354 e. The second-order valence-corrected chi connectivity index (χ2v) is 5.51. The molecule has 0 radical (unpaired) electrons. The molecule has 4 heterocycles. The highest BCUT2D eigenvalue weighted by atomic mass is 32.1. The molecule has 3 aromatic heterocycles. The molecule has 5 nitrogen and oxygen atoms in total. The predicted molar refractivity (Wildman–Crippen MR) is 78.8 cm³/mol. The Morgan fingerprint density at radius 3 is 2.95 bits per heavy atom. The molecule has 4 rings (SSSR count). The molecular formula is C14H13N5S. The average Bonchev–Trinajstić information content (AvgIpc) is 3.17. The van der Waals surface area contributed by atoms with E-state index in [1.54, 1.807) is 23.7 Å². The van der Waals surface area contributed by atoms with E-state index in [1.807, 2.05) is 16.8 Å². The first-order chi connectivity index (χ1) is 9.92. The van der Waals surface area contributed by atoms with Crippen LogP contribution >= 0.6 is 11.3 Å². The summed E-state index contributed by atoms with van der Waals surface area (Å²) in [5, 5.41) is 12.3. The number of rotatable bonds is 2. The smallest absolute Gasteiger partial charge is 0.222 e. The Morgan fingerprint density at radius 1 is 1.25 bits per heavy atom. The van der Waals surface area contributed by atoms with Crippen molar-refractivity contribution in [1.82, 2.24) is 19.7 Å². The largest absolute Gasteiger partial charge is 0.354 e. The van der Waals surface area contributed by atoms with E-state index >= 15 is 0 Å². The molecule has 100 valence electrons. The summed E-state index contributed by atoms with van der Waals surface area (Å²) in [5.41, 5.74) is 2.30. The quantitative estimate of drug-likeness (QED) is 0.785. The molecule has 0 saturated carbocycles. The van der Waals surface area contributed by atoms with Gasteiger partial charge in [-0.05, 0) is 40.9 Å². The first kappa shape index (κ1) is 11.6. The maximum absolute atomic E-state index is 4.68.